The van der Waals surface area contributed by atoms with Gasteiger partial charge in [0.2, 0.25) is 0 Å². The van der Waals surface area contributed by atoms with Crippen molar-refractivity contribution in [3.05, 3.63) is 48.7 Å². The maximum atomic E-state index is 4.57. The van der Waals surface area contributed by atoms with Crippen molar-refractivity contribution in [3.63, 3.8) is 0 Å². The summed E-state index contributed by atoms with van der Waals surface area (Å²) in [4.78, 5) is 16.8. The van der Waals surface area contributed by atoms with E-state index in [1.165, 1.54) is 0 Å². The smallest absolute Gasteiger partial charge is 0.180 e. The maximum absolute atomic E-state index is 4.57. The van der Waals surface area contributed by atoms with Crippen molar-refractivity contribution in [2.24, 2.45) is 0 Å². The molecule has 0 aliphatic heterocycles. The Kier molecular flexibility index (Phi) is 2.57. The lowest BCUT2D eigenvalue weighted by Gasteiger charge is -2.01. The summed E-state index contributed by atoms with van der Waals surface area (Å²) >= 11 is 0. The number of nitrogens with zero attached hydrogens (tertiary/aromatic N) is 3. The quantitative estimate of drug-likeness (QED) is 0.589. The normalized spacial score (nSPS) is 11.1. The number of aromatic amines is 1. The summed E-state index contributed by atoms with van der Waals surface area (Å²) in [7, 11) is 1.84. The minimum absolute atomic E-state index is 0.687. The summed E-state index contributed by atoms with van der Waals surface area (Å²) in [5.41, 5.74) is 2.43. The zero-order valence-electron chi connectivity index (χ0n) is 11.5. The van der Waals surface area contributed by atoms with Crippen molar-refractivity contribution in [3.8, 4) is 11.5 Å². The first-order valence-corrected chi connectivity index (χ1v) is 6.74. The lowest BCUT2D eigenvalue weighted by Crippen LogP contribution is -1.91. The SMILES string of the molecule is CNc1ccc2[nH]c(-c3nccc4ccccc34)nc2n1. The summed E-state index contributed by atoms with van der Waals surface area (Å²) < 4.78 is 0. The standard InChI is InChI=1S/C16H13N5/c1-17-13-7-6-12-15(20-13)21-16(19-12)14-11-5-3-2-4-10(11)8-9-18-14/h2-9H,1H3,(H2,17,19,20,21). The number of aromatic nitrogens is 4. The van der Waals surface area contributed by atoms with Gasteiger partial charge in [0.1, 0.15) is 11.5 Å². The molecule has 5 nitrogen and oxygen atoms in total. The number of imidazole rings is 1. The second-order valence-electron chi connectivity index (χ2n) is 4.78. The third kappa shape index (κ3) is 1.90. The molecule has 0 aliphatic carbocycles. The van der Waals surface area contributed by atoms with Crippen LogP contribution in [0.1, 0.15) is 0 Å². The molecule has 0 amide bonds. The fourth-order valence-corrected chi connectivity index (χ4v) is 2.45. The predicted molar refractivity (Wildman–Crippen MR) is 84.2 cm³/mol. The lowest BCUT2D eigenvalue weighted by atomic mass is 10.1. The Morgan fingerprint density at radius 1 is 1.00 bits per heavy atom. The maximum Gasteiger partial charge on any atom is 0.180 e. The second-order valence-corrected chi connectivity index (χ2v) is 4.78. The molecule has 2 N–H and O–H groups in total. The fourth-order valence-electron chi connectivity index (χ4n) is 2.45. The molecule has 0 unspecified atom stereocenters. The molecule has 4 aromatic rings. The third-order valence-electron chi connectivity index (χ3n) is 3.50. The van der Waals surface area contributed by atoms with Gasteiger partial charge in [0.05, 0.1) is 5.52 Å². The van der Waals surface area contributed by atoms with Crippen LogP contribution in [0.3, 0.4) is 0 Å². The zero-order chi connectivity index (χ0) is 14.2. The number of benzene rings is 1. The fraction of sp³-hybridized carbons (Fsp3) is 0.0625. The van der Waals surface area contributed by atoms with E-state index in [0.717, 1.165) is 33.6 Å². The predicted octanol–water partition coefficient (Wildman–Crippen LogP) is 3.21. The van der Waals surface area contributed by atoms with Crippen molar-refractivity contribution in [1.82, 2.24) is 19.9 Å². The Hall–Kier alpha value is -2.95. The average molecular weight is 275 g/mol. The Labute approximate surface area is 121 Å². The average Bonchev–Trinajstić information content (AvgIpc) is 2.97. The van der Waals surface area contributed by atoms with Gasteiger partial charge < -0.3 is 10.3 Å². The van der Waals surface area contributed by atoms with Crippen molar-refractivity contribution in [2.75, 3.05) is 12.4 Å². The molecule has 21 heavy (non-hydrogen) atoms. The summed E-state index contributed by atoms with van der Waals surface area (Å²) in [5, 5.41) is 5.24. The molecule has 0 bridgehead atoms. The van der Waals surface area contributed by atoms with E-state index in [9.17, 15) is 0 Å². The van der Waals surface area contributed by atoms with E-state index in [-0.39, 0.29) is 0 Å². The van der Waals surface area contributed by atoms with Crippen LogP contribution in [0.5, 0.6) is 0 Å². The topological polar surface area (TPSA) is 66.5 Å². The molecule has 0 fully saturated rings. The van der Waals surface area contributed by atoms with Crippen molar-refractivity contribution >= 4 is 27.8 Å². The number of rotatable bonds is 2. The van der Waals surface area contributed by atoms with Gasteiger partial charge in [-0.05, 0) is 23.6 Å². The molecule has 0 radical (unpaired) electrons. The van der Waals surface area contributed by atoms with Crippen LogP contribution < -0.4 is 5.32 Å². The molecule has 4 rings (SSSR count). The van der Waals surface area contributed by atoms with Gasteiger partial charge in [-0.2, -0.15) is 0 Å². The molecule has 1 aromatic carbocycles. The summed E-state index contributed by atoms with van der Waals surface area (Å²) in [6.07, 6.45) is 1.80. The van der Waals surface area contributed by atoms with Crippen molar-refractivity contribution in [1.29, 1.82) is 0 Å². The van der Waals surface area contributed by atoms with Crippen molar-refractivity contribution in [2.45, 2.75) is 0 Å². The van der Waals surface area contributed by atoms with E-state index >= 15 is 0 Å². The number of fused-ring (bicyclic) bond motifs is 2. The molecular formula is C16H13N5. The Bertz CT molecular complexity index is 936. The molecule has 0 saturated heterocycles. The van der Waals surface area contributed by atoms with Crippen LogP contribution in [0, 0.1) is 0 Å². The van der Waals surface area contributed by atoms with E-state index in [4.69, 9.17) is 0 Å². The number of hydrogen-bond acceptors (Lipinski definition) is 4. The van der Waals surface area contributed by atoms with Gasteiger partial charge in [-0.1, -0.05) is 24.3 Å². The monoisotopic (exact) mass is 275 g/mol. The summed E-state index contributed by atoms with van der Waals surface area (Å²) in [5.74, 6) is 1.54. The first-order chi connectivity index (χ1) is 10.3. The Morgan fingerprint density at radius 3 is 2.81 bits per heavy atom. The molecular weight excluding hydrogens is 262 g/mol. The largest absolute Gasteiger partial charge is 0.373 e. The summed E-state index contributed by atoms with van der Waals surface area (Å²) in [6, 6.07) is 14.0. The van der Waals surface area contributed by atoms with Crippen LogP contribution >= 0.6 is 0 Å². The first-order valence-electron chi connectivity index (χ1n) is 6.74. The minimum atomic E-state index is 0.687. The summed E-state index contributed by atoms with van der Waals surface area (Å²) in [6.45, 7) is 0. The third-order valence-corrected chi connectivity index (χ3v) is 3.50. The highest BCUT2D eigenvalue weighted by molar-refractivity contribution is 5.94. The van der Waals surface area contributed by atoms with Gasteiger partial charge in [-0.3, -0.25) is 4.98 Å². The number of H-pyrrole nitrogens is 1. The molecule has 0 spiro atoms. The Balaban J connectivity index is 1.96. The van der Waals surface area contributed by atoms with E-state index in [1.54, 1.807) is 6.20 Å². The van der Waals surface area contributed by atoms with Gasteiger partial charge in [0.25, 0.3) is 0 Å². The van der Waals surface area contributed by atoms with E-state index in [0.29, 0.717) is 5.65 Å². The number of nitrogens with one attached hydrogen (secondary N) is 2. The van der Waals surface area contributed by atoms with Crippen LogP contribution in [0.25, 0.3) is 33.5 Å². The molecule has 3 heterocycles. The van der Waals surface area contributed by atoms with E-state index in [1.807, 2.05) is 37.4 Å². The molecule has 5 heteroatoms. The minimum Gasteiger partial charge on any atom is -0.373 e. The molecule has 0 saturated carbocycles. The van der Waals surface area contributed by atoms with Gasteiger partial charge >= 0.3 is 0 Å². The van der Waals surface area contributed by atoms with E-state index in [2.05, 4.69) is 37.4 Å². The first kappa shape index (κ1) is 11.8. The molecule has 3 aromatic heterocycles. The number of pyridine rings is 2. The van der Waals surface area contributed by atoms with Gasteiger partial charge in [-0.15, -0.1) is 0 Å². The van der Waals surface area contributed by atoms with Gasteiger partial charge in [0.15, 0.2) is 11.5 Å². The second kappa shape index (κ2) is 4.56. The van der Waals surface area contributed by atoms with Crippen LogP contribution in [-0.2, 0) is 0 Å². The highest BCUT2D eigenvalue weighted by atomic mass is 15.0. The highest BCUT2D eigenvalue weighted by Gasteiger charge is 2.11. The van der Waals surface area contributed by atoms with Crippen LogP contribution in [0.15, 0.2) is 48.7 Å². The van der Waals surface area contributed by atoms with Crippen LogP contribution in [-0.4, -0.2) is 27.0 Å². The van der Waals surface area contributed by atoms with Crippen LogP contribution in [0.4, 0.5) is 5.82 Å². The van der Waals surface area contributed by atoms with Crippen LogP contribution in [0.2, 0.25) is 0 Å². The Morgan fingerprint density at radius 2 is 1.90 bits per heavy atom. The lowest BCUT2D eigenvalue weighted by molar-refractivity contribution is 1.24. The number of hydrogen-bond donors (Lipinski definition) is 2. The molecule has 102 valence electrons. The highest BCUT2D eigenvalue weighted by Crippen LogP contribution is 2.26. The molecule has 0 atom stereocenters. The van der Waals surface area contributed by atoms with Gasteiger partial charge in [0, 0.05) is 18.6 Å². The number of anilines is 1. The van der Waals surface area contributed by atoms with E-state index < -0.39 is 0 Å². The van der Waals surface area contributed by atoms with Crippen molar-refractivity contribution < 1.29 is 0 Å². The zero-order valence-corrected chi connectivity index (χ0v) is 11.5. The van der Waals surface area contributed by atoms with Gasteiger partial charge in [-0.25, -0.2) is 9.97 Å². The molecule has 0 aliphatic rings.